The minimum Gasteiger partial charge on any atom is -0.482 e. The second kappa shape index (κ2) is 6.99. The summed E-state index contributed by atoms with van der Waals surface area (Å²) in [4.78, 5) is 15.1. The van der Waals surface area contributed by atoms with Crippen LogP contribution in [-0.2, 0) is 6.61 Å². The molecule has 7 heteroatoms. The number of rotatable bonds is 7. The molecule has 0 amide bonds. The van der Waals surface area contributed by atoms with E-state index in [2.05, 4.69) is 10.3 Å². The van der Waals surface area contributed by atoms with Gasteiger partial charge in [0.05, 0.1) is 11.0 Å². The lowest BCUT2D eigenvalue weighted by Gasteiger charge is -2.06. The van der Waals surface area contributed by atoms with E-state index in [-0.39, 0.29) is 18.0 Å². The van der Waals surface area contributed by atoms with Gasteiger partial charge >= 0.3 is 5.69 Å². The Kier molecular flexibility index (Phi) is 4.60. The van der Waals surface area contributed by atoms with E-state index in [1.54, 1.807) is 0 Å². The van der Waals surface area contributed by atoms with Gasteiger partial charge in [0.25, 0.3) is 6.01 Å². The summed E-state index contributed by atoms with van der Waals surface area (Å²) in [5.41, 5.74) is 1.66. The normalized spacial score (nSPS) is 10.7. The summed E-state index contributed by atoms with van der Waals surface area (Å²) >= 11 is 0. The quantitative estimate of drug-likeness (QED) is 0.518. The number of oxazole rings is 1. The van der Waals surface area contributed by atoms with Crippen LogP contribution in [0.15, 0.2) is 46.9 Å². The Hall–Kier alpha value is -3.09. The van der Waals surface area contributed by atoms with Crippen molar-refractivity contribution >= 4 is 22.8 Å². The van der Waals surface area contributed by atoms with Crippen LogP contribution in [-0.4, -0.2) is 16.5 Å². The first-order valence-corrected chi connectivity index (χ1v) is 7.67. The summed E-state index contributed by atoms with van der Waals surface area (Å²) in [7, 11) is 0. The number of nitro groups is 1. The number of hydrogen-bond donors (Lipinski definition) is 1. The topological polar surface area (TPSA) is 90.4 Å². The first-order chi connectivity index (χ1) is 11.7. The zero-order valence-electron chi connectivity index (χ0n) is 13.2. The smallest absolute Gasteiger partial charge is 0.314 e. The van der Waals surface area contributed by atoms with Crippen molar-refractivity contribution in [2.24, 2.45) is 0 Å². The van der Waals surface area contributed by atoms with Crippen LogP contribution in [0.2, 0.25) is 0 Å². The number of fused-ring (bicyclic) bond motifs is 1. The van der Waals surface area contributed by atoms with Gasteiger partial charge in [-0.15, -0.1) is 0 Å². The number of benzene rings is 2. The van der Waals surface area contributed by atoms with E-state index >= 15 is 0 Å². The summed E-state index contributed by atoms with van der Waals surface area (Å²) in [6, 6.07) is 12.7. The maximum atomic E-state index is 11.3. The first-order valence-electron chi connectivity index (χ1n) is 7.67. The number of anilines is 1. The standard InChI is InChI=1S/C17H17N3O4/c1-2-8-18-17-19-13-9-16(14(20(21)22)10-15(13)24-17)23-11-12-6-4-3-5-7-12/h3-7,9-10H,2,8,11H2,1H3,(H,18,19). The lowest BCUT2D eigenvalue weighted by atomic mass is 10.2. The average molecular weight is 327 g/mol. The number of nitrogens with zero attached hydrogens (tertiary/aromatic N) is 2. The zero-order chi connectivity index (χ0) is 16.9. The molecular formula is C17H17N3O4. The molecule has 1 heterocycles. The fraction of sp³-hybridized carbons (Fsp3) is 0.235. The van der Waals surface area contributed by atoms with E-state index in [1.165, 1.54) is 12.1 Å². The number of nitro benzene ring substituents is 1. The number of ether oxygens (including phenoxy) is 1. The van der Waals surface area contributed by atoms with Gasteiger partial charge in [0, 0.05) is 12.6 Å². The summed E-state index contributed by atoms with van der Waals surface area (Å²) in [5.74, 6) is 0.173. The molecule has 3 aromatic rings. The van der Waals surface area contributed by atoms with Crippen molar-refractivity contribution in [1.82, 2.24) is 4.98 Å². The second-order valence-corrected chi connectivity index (χ2v) is 5.26. The highest BCUT2D eigenvalue weighted by Crippen LogP contribution is 2.33. The molecule has 0 atom stereocenters. The van der Waals surface area contributed by atoms with Crippen LogP contribution in [0.1, 0.15) is 18.9 Å². The average Bonchev–Trinajstić information content (AvgIpc) is 2.99. The molecule has 0 aliphatic heterocycles. The third-order valence-corrected chi connectivity index (χ3v) is 3.43. The third kappa shape index (κ3) is 3.45. The minimum absolute atomic E-state index is 0.142. The SMILES string of the molecule is CCCNc1nc2cc(OCc3ccccc3)c([N+](=O)[O-])cc2o1. The zero-order valence-corrected chi connectivity index (χ0v) is 13.2. The van der Waals surface area contributed by atoms with Crippen molar-refractivity contribution < 1.29 is 14.1 Å². The Labute approximate surface area is 138 Å². The van der Waals surface area contributed by atoms with Gasteiger partial charge in [-0.25, -0.2) is 0 Å². The van der Waals surface area contributed by atoms with Crippen LogP contribution in [0.5, 0.6) is 5.75 Å². The van der Waals surface area contributed by atoms with Gasteiger partial charge in [-0.2, -0.15) is 4.98 Å². The lowest BCUT2D eigenvalue weighted by Crippen LogP contribution is -1.99. The Morgan fingerprint density at radius 1 is 1.29 bits per heavy atom. The van der Waals surface area contributed by atoms with Crippen molar-refractivity contribution in [2.45, 2.75) is 20.0 Å². The minimum atomic E-state index is -0.485. The predicted molar refractivity (Wildman–Crippen MR) is 90.2 cm³/mol. The molecule has 7 nitrogen and oxygen atoms in total. The Morgan fingerprint density at radius 2 is 2.08 bits per heavy atom. The molecule has 1 N–H and O–H groups in total. The van der Waals surface area contributed by atoms with Gasteiger partial charge < -0.3 is 14.5 Å². The fourth-order valence-corrected chi connectivity index (χ4v) is 2.25. The van der Waals surface area contributed by atoms with Crippen LogP contribution >= 0.6 is 0 Å². The maximum Gasteiger partial charge on any atom is 0.314 e. The molecule has 0 saturated carbocycles. The molecule has 0 aliphatic carbocycles. The van der Waals surface area contributed by atoms with Gasteiger partial charge in [-0.1, -0.05) is 37.3 Å². The largest absolute Gasteiger partial charge is 0.482 e. The second-order valence-electron chi connectivity index (χ2n) is 5.26. The molecule has 0 saturated heterocycles. The van der Waals surface area contributed by atoms with E-state index in [0.29, 0.717) is 23.7 Å². The van der Waals surface area contributed by atoms with Crippen molar-refractivity contribution in [3.63, 3.8) is 0 Å². The molecule has 124 valence electrons. The van der Waals surface area contributed by atoms with Crippen molar-refractivity contribution in [3.8, 4) is 5.75 Å². The van der Waals surface area contributed by atoms with Crippen LogP contribution in [0.3, 0.4) is 0 Å². The van der Waals surface area contributed by atoms with Crippen molar-refractivity contribution in [2.75, 3.05) is 11.9 Å². The number of nitrogens with one attached hydrogen (secondary N) is 1. The van der Waals surface area contributed by atoms with Crippen LogP contribution in [0.25, 0.3) is 11.1 Å². The summed E-state index contributed by atoms with van der Waals surface area (Å²) in [5, 5.41) is 14.3. The van der Waals surface area contributed by atoms with Gasteiger partial charge in [0.2, 0.25) is 0 Å². The van der Waals surface area contributed by atoms with Gasteiger partial charge in [0.15, 0.2) is 11.3 Å². The maximum absolute atomic E-state index is 11.3. The summed E-state index contributed by atoms with van der Waals surface area (Å²) in [6.07, 6.45) is 0.921. The Morgan fingerprint density at radius 3 is 2.79 bits per heavy atom. The van der Waals surface area contributed by atoms with E-state index in [4.69, 9.17) is 9.15 Å². The molecule has 0 aliphatic rings. The molecule has 24 heavy (non-hydrogen) atoms. The molecule has 0 radical (unpaired) electrons. The van der Waals surface area contributed by atoms with E-state index in [9.17, 15) is 10.1 Å². The Balaban J connectivity index is 1.89. The van der Waals surface area contributed by atoms with Gasteiger partial charge in [-0.05, 0) is 12.0 Å². The first kappa shape index (κ1) is 15.8. The molecule has 0 fully saturated rings. The highest BCUT2D eigenvalue weighted by Gasteiger charge is 2.20. The van der Waals surface area contributed by atoms with Crippen molar-refractivity contribution in [1.29, 1.82) is 0 Å². The van der Waals surface area contributed by atoms with E-state index in [0.717, 1.165) is 12.0 Å². The van der Waals surface area contributed by atoms with E-state index in [1.807, 2.05) is 37.3 Å². The molecule has 0 bridgehead atoms. The van der Waals surface area contributed by atoms with Crippen LogP contribution in [0, 0.1) is 10.1 Å². The highest BCUT2D eigenvalue weighted by atomic mass is 16.6. The molecular weight excluding hydrogens is 310 g/mol. The van der Waals surface area contributed by atoms with Crippen LogP contribution in [0.4, 0.5) is 11.7 Å². The number of hydrogen-bond acceptors (Lipinski definition) is 6. The van der Waals surface area contributed by atoms with Gasteiger partial charge in [0.1, 0.15) is 12.1 Å². The summed E-state index contributed by atoms with van der Waals surface area (Å²) in [6.45, 7) is 2.98. The van der Waals surface area contributed by atoms with Crippen molar-refractivity contribution in [3.05, 3.63) is 58.1 Å². The Bertz CT molecular complexity index is 846. The molecule has 2 aromatic carbocycles. The van der Waals surface area contributed by atoms with Gasteiger partial charge in [-0.3, -0.25) is 10.1 Å². The molecule has 3 rings (SSSR count). The summed E-state index contributed by atoms with van der Waals surface area (Å²) < 4.78 is 11.1. The molecule has 1 aromatic heterocycles. The van der Waals surface area contributed by atoms with Crippen LogP contribution < -0.4 is 10.1 Å². The fourth-order valence-electron chi connectivity index (χ4n) is 2.25. The molecule has 0 unspecified atom stereocenters. The lowest BCUT2D eigenvalue weighted by molar-refractivity contribution is -0.385. The van der Waals surface area contributed by atoms with E-state index < -0.39 is 4.92 Å². The molecule has 0 spiro atoms. The predicted octanol–water partition coefficient (Wildman–Crippen LogP) is 4.14. The number of aromatic nitrogens is 1. The monoisotopic (exact) mass is 327 g/mol. The third-order valence-electron chi connectivity index (χ3n) is 3.43. The highest BCUT2D eigenvalue weighted by molar-refractivity contribution is 5.80.